The van der Waals surface area contributed by atoms with Gasteiger partial charge in [-0.1, -0.05) is 25.2 Å². The minimum absolute atomic E-state index is 0.181. The quantitative estimate of drug-likeness (QED) is 0.502. The van der Waals surface area contributed by atoms with E-state index in [0.29, 0.717) is 17.2 Å². The Morgan fingerprint density at radius 3 is 2.19 bits per heavy atom. The van der Waals surface area contributed by atoms with E-state index in [4.69, 9.17) is 4.98 Å². The highest BCUT2D eigenvalue weighted by atomic mass is 32.2. The predicted octanol–water partition coefficient (Wildman–Crippen LogP) is 4.31. The fourth-order valence-electron chi connectivity index (χ4n) is 3.35. The number of nitrogens with zero attached hydrogens (tertiary/aromatic N) is 3. The van der Waals surface area contributed by atoms with Gasteiger partial charge in [-0.3, -0.25) is 9.69 Å². The number of anilines is 1. The number of rotatable bonds is 8. The molecule has 3 aromatic rings. The molecule has 1 heterocycles. The Morgan fingerprint density at radius 2 is 1.61 bits per heavy atom. The van der Waals surface area contributed by atoms with Gasteiger partial charge in [-0.05, 0) is 74.5 Å². The second-order valence-electron chi connectivity index (χ2n) is 7.68. The maximum absolute atomic E-state index is 13.4. The smallest absolute Gasteiger partial charge is 0.260 e. The molecule has 0 aliphatic rings. The van der Waals surface area contributed by atoms with Crippen molar-refractivity contribution in [3.63, 3.8) is 0 Å². The zero-order valence-electron chi connectivity index (χ0n) is 18.7. The fourth-order valence-corrected chi connectivity index (χ4v) is 5.05. The molecule has 0 unspecified atom stereocenters. The zero-order valence-corrected chi connectivity index (χ0v) is 20.3. The Labute approximate surface area is 188 Å². The van der Waals surface area contributed by atoms with Gasteiger partial charge in [0.05, 0.1) is 15.1 Å². The molecule has 2 aromatic carbocycles. The molecule has 0 spiro atoms. The van der Waals surface area contributed by atoms with E-state index in [1.54, 1.807) is 17.0 Å². The third-order valence-electron chi connectivity index (χ3n) is 5.53. The van der Waals surface area contributed by atoms with E-state index >= 15 is 0 Å². The molecule has 0 aliphatic heterocycles. The summed E-state index contributed by atoms with van der Waals surface area (Å²) in [5.74, 6) is -0.181. The third kappa shape index (κ3) is 5.31. The monoisotopic (exact) mass is 459 g/mol. The van der Waals surface area contributed by atoms with Gasteiger partial charge in [0.1, 0.15) is 0 Å². The number of amides is 1. The third-order valence-corrected chi connectivity index (χ3v) is 7.70. The number of aromatic nitrogens is 1. The van der Waals surface area contributed by atoms with Crippen LogP contribution in [0.25, 0.3) is 10.2 Å². The van der Waals surface area contributed by atoms with Gasteiger partial charge < -0.3 is 4.90 Å². The van der Waals surface area contributed by atoms with E-state index in [2.05, 4.69) is 44.7 Å². The van der Waals surface area contributed by atoms with Crippen LogP contribution in [0.1, 0.15) is 35.3 Å². The lowest BCUT2D eigenvalue weighted by molar-refractivity contribution is 0.0983. The largest absolute Gasteiger partial charge is 0.302 e. The molecule has 3 rings (SSSR count). The Balaban J connectivity index is 1.98. The van der Waals surface area contributed by atoms with Crippen LogP contribution >= 0.6 is 11.3 Å². The maximum atomic E-state index is 13.4. The van der Waals surface area contributed by atoms with Crippen LogP contribution in [0, 0.1) is 13.8 Å². The molecule has 0 saturated carbocycles. The van der Waals surface area contributed by atoms with E-state index < -0.39 is 9.84 Å². The van der Waals surface area contributed by atoms with Crippen LogP contribution in [-0.4, -0.2) is 56.6 Å². The van der Waals surface area contributed by atoms with Crippen LogP contribution in [0.3, 0.4) is 0 Å². The number of hydrogen-bond acceptors (Lipinski definition) is 6. The minimum atomic E-state index is -3.31. The summed E-state index contributed by atoms with van der Waals surface area (Å²) in [6, 6.07) is 10.3. The summed E-state index contributed by atoms with van der Waals surface area (Å²) in [7, 11) is -3.31. The Morgan fingerprint density at radius 1 is 1.00 bits per heavy atom. The Bertz CT molecular complexity index is 1140. The van der Waals surface area contributed by atoms with Crippen molar-refractivity contribution in [1.29, 1.82) is 0 Å². The molecule has 8 heteroatoms. The van der Waals surface area contributed by atoms with Gasteiger partial charge in [0, 0.05) is 24.9 Å². The van der Waals surface area contributed by atoms with E-state index in [0.717, 1.165) is 36.1 Å². The first-order chi connectivity index (χ1) is 14.6. The lowest BCUT2D eigenvalue weighted by Crippen LogP contribution is -2.38. The van der Waals surface area contributed by atoms with E-state index in [-0.39, 0.29) is 10.8 Å². The van der Waals surface area contributed by atoms with Gasteiger partial charge in [0.2, 0.25) is 0 Å². The molecule has 1 aromatic heterocycles. The summed E-state index contributed by atoms with van der Waals surface area (Å²) in [6.07, 6.45) is 1.16. The van der Waals surface area contributed by atoms with Crippen molar-refractivity contribution in [2.24, 2.45) is 0 Å². The first kappa shape index (κ1) is 23.4. The van der Waals surface area contributed by atoms with Gasteiger partial charge in [-0.25, -0.2) is 13.4 Å². The number of benzene rings is 2. The fraction of sp³-hybridized carbons (Fsp3) is 0.391. The summed E-state index contributed by atoms with van der Waals surface area (Å²) in [4.78, 5) is 22.4. The van der Waals surface area contributed by atoms with Gasteiger partial charge in [-0.2, -0.15) is 0 Å². The highest BCUT2D eigenvalue weighted by molar-refractivity contribution is 7.90. The first-order valence-corrected chi connectivity index (χ1v) is 13.1. The molecule has 31 heavy (non-hydrogen) atoms. The number of carbonyl (C=O) groups is 1. The van der Waals surface area contributed by atoms with Crippen LogP contribution in [0.5, 0.6) is 0 Å². The number of aryl methyl sites for hydroxylation is 2. The van der Waals surface area contributed by atoms with Crippen molar-refractivity contribution in [1.82, 2.24) is 9.88 Å². The van der Waals surface area contributed by atoms with Crippen molar-refractivity contribution in [2.75, 3.05) is 37.3 Å². The zero-order chi connectivity index (χ0) is 22.8. The average Bonchev–Trinajstić information content (AvgIpc) is 3.13. The standard InChI is InChI=1S/C23H29N3O3S2/c1-6-25(7-2)12-13-26(22(27)18-8-10-19(11-9-18)31(5,28)29)23-24-20-14-16(3)17(4)15-21(20)30-23/h8-11,14-15H,6-7,12-13H2,1-5H3. The van der Waals surface area contributed by atoms with Gasteiger partial charge in [0.15, 0.2) is 15.0 Å². The highest BCUT2D eigenvalue weighted by Crippen LogP contribution is 2.31. The molecule has 0 fully saturated rings. The van der Waals surface area contributed by atoms with E-state index in [1.807, 2.05) is 0 Å². The van der Waals surface area contributed by atoms with E-state index in [9.17, 15) is 13.2 Å². The van der Waals surface area contributed by atoms with Gasteiger partial charge >= 0.3 is 0 Å². The molecular formula is C23H29N3O3S2. The molecule has 0 bridgehead atoms. The summed E-state index contributed by atoms with van der Waals surface area (Å²) in [6.45, 7) is 11.4. The lowest BCUT2D eigenvalue weighted by Gasteiger charge is -2.24. The first-order valence-electron chi connectivity index (χ1n) is 10.4. The molecule has 1 amide bonds. The summed E-state index contributed by atoms with van der Waals surface area (Å²) < 4.78 is 24.6. The summed E-state index contributed by atoms with van der Waals surface area (Å²) >= 11 is 1.51. The summed E-state index contributed by atoms with van der Waals surface area (Å²) in [5.41, 5.74) is 3.69. The number of sulfone groups is 1. The SMILES string of the molecule is CCN(CC)CCN(C(=O)c1ccc(S(C)(=O)=O)cc1)c1nc2cc(C)c(C)cc2s1. The van der Waals surface area contributed by atoms with Gasteiger partial charge in [-0.15, -0.1) is 0 Å². The average molecular weight is 460 g/mol. The maximum Gasteiger partial charge on any atom is 0.260 e. The van der Waals surface area contributed by atoms with Crippen LogP contribution in [-0.2, 0) is 9.84 Å². The van der Waals surface area contributed by atoms with Crippen molar-refractivity contribution >= 4 is 42.4 Å². The lowest BCUT2D eigenvalue weighted by atomic mass is 10.1. The molecule has 6 nitrogen and oxygen atoms in total. The topological polar surface area (TPSA) is 70.6 Å². The van der Waals surface area contributed by atoms with Crippen molar-refractivity contribution < 1.29 is 13.2 Å². The Kier molecular flexibility index (Phi) is 7.13. The highest BCUT2D eigenvalue weighted by Gasteiger charge is 2.22. The normalized spacial score (nSPS) is 11.9. The predicted molar refractivity (Wildman–Crippen MR) is 128 cm³/mol. The Hall–Kier alpha value is -2.29. The number of likely N-dealkylation sites (N-methyl/N-ethyl adjacent to an activating group) is 1. The van der Waals surface area contributed by atoms with Crippen molar-refractivity contribution in [3.05, 3.63) is 53.1 Å². The van der Waals surface area contributed by atoms with Crippen LogP contribution in [0.15, 0.2) is 41.3 Å². The molecule has 166 valence electrons. The number of carbonyl (C=O) groups excluding carboxylic acids is 1. The number of hydrogen-bond donors (Lipinski definition) is 0. The van der Waals surface area contributed by atoms with Crippen LogP contribution in [0.4, 0.5) is 5.13 Å². The molecule has 0 atom stereocenters. The van der Waals surface area contributed by atoms with Crippen molar-refractivity contribution in [2.45, 2.75) is 32.6 Å². The second-order valence-corrected chi connectivity index (χ2v) is 10.7. The summed E-state index contributed by atoms with van der Waals surface area (Å²) in [5, 5.41) is 0.657. The number of fused-ring (bicyclic) bond motifs is 1. The van der Waals surface area contributed by atoms with Gasteiger partial charge in [0.25, 0.3) is 5.91 Å². The van der Waals surface area contributed by atoms with Crippen LogP contribution in [0.2, 0.25) is 0 Å². The van der Waals surface area contributed by atoms with E-state index in [1.165, 1.54) is 34.6 Å². The molecule has 0 aliphatic carbocycles. The second kappa shape index (κ2) is 9.46. The molecule has 0 radical (unpaired) electrons. The molecule has 0 N–H and O–H groups in total. The molecule has 0 saturated heterocycles. The minimum Gasteiger partial charge on any atom is -0.302 e. The van der Waals surface area contributed by atoms with Crippen LogP contribution < -0.4 is 4.90 Å². The number of thiazole rings is 1. The van der Waals surface area contributed by atoms with Crippen molar-refractivity contribution in [3.8, 4) is 0 Å². The molecular weight excluding hydrogens is 430 g/mol.